The van der Waals surface area contributed by atoms with Gasteiger partial charge in [0.1, 0.15) is 18.4 Å². The number of hydrogen-bond acceptors (Lipinski definition) is 6. The number of hydrogen-bond donors (Lipinski definition) is 2. The Morgan fingerprint density at radius 2 is 1.89 bits per heavy atom. The minimum absolute atomic E-state index is 0.140. The number of carbonyl (C=O) groups excluding carboxylic acids is 2. The molecule has 156 valence electrons. The summed E-state index contributed by atoms with van der Waals surface area (Å²) < 4.78 is 8.06. The van der Waals surface area contributed by atoms with Gasteiger partial charge in [-0.05, 0) is 18.6 Å². The van der Waals surface area contributed by atoms with Gasteiger partial charge in [-0.15, -0.1) is 0 Å². The molecule has 1 unspecified atom stereocenters. The van der Waals surface area contributed by atoms with Crippen molar-refractivity contribution >= 4 is 58.3 Å². The number of Topliss-reactive ketones (excluding diaryl/α,β-unsaturated/α-hetero) is 1. The summed E-state index contributed by atoms with van der Waals surface area (Å²) in [5.74, 6) is -1.28. The molecular weight excluding hydrogens is 435 g/mol. The summed E-state index contributed by atoms with van der Waals surface area (Å²) in [6.45, 7) is -0.551. The first-order valence-corrected chi connectivity index (χ1v) is 9.19. The van der Waals surface area contributed by atoms with Crippen LogP contribution >= 0.6 is 34.8 Å². The average molecular weight is 456 g/mol. The predicted molar refractivity (Wildman–Crippen MR) is 107 cm³/mol. The first-order chi connectivity index (χ1) is 12.9. The van der Waals surface area contributed by atoms with E-state index in [0.717, 1.165) is 5.69 Å². The largest absolute Gasteiger partial charge is 0.496 e. The smallest absolute Gasteiger partial charge is 0.407 e. The van der Waals surface area contributed by atoms with Crippen molar-refractivity contribution in [3.05, 3.63) is 23.8 Å². The maximum absolute atomic E-state index is 12.5. The van der Waals surface area contributed by atoms with Gasteiger partial charge in [0, 0.05) is 32.3 Å². The molecule has 0 aliphatic heterocycles. The van der Waals surface area contributed by atoms with E-state index < -0.39 is 28.5 Å². The van der Waals surface area contributed by atoms with Crippen LogP contribution in [0.2, 0.25) is 0 Å². The molecule has 0 saturated heterocycles. The highest BCUT2D eigenvalue weighted by Gasteiger charge is 2.26. The van der Waals surface area contributed by atoms with Crippen molar-refractivity contribution in [1.82, 2.24) is 5.32 Å². The van der Waals surface area contributed by atoms with Gasteiger partial charge in [0.15, 0.2) is 5.78 Å². The first kappa shape index (κ1) is 24.1. The lowest BCUT2D eigenvalue weighted by molar-refractivity contribution is -0.139. The van der Waals surface area contributed by atoms with Crippen LogP contribution in [0.25, 0.3) is 0 Å². The van der Waals surface area contributed by atoms with Crippen molar-refractivity contribution in [3.63, 3.8) is 0 Å². The van der Waals surface area contributed by atoms with Gasteiger partial charge in [0.25, 0.3) is 0 Å². The number of carbonyl (C=O) groups is 3. The molecule has 0 saturated carbocycles. The van der Waals surface area contributed by atoms with Crippen LogP contribution in [0.5, 0.6) is 5.75 Å². The minimum Gasteiger partial charge on any atom is -0.496 e. The molecule has 1 aromatic rings. The second-order valence-electron chi connectivity index (χ2n) is 5.97. The minimum atomic E-state index is -1.82. The zero-order valence-electron chi connectivity index (χ0n) is 15.5. The summed E-state index contributed by atoms with van der Waals surface area (Å²) in [5, 5.41) is 11.4. The molecule has 0 aromatic heterocycles. The average Bonchev–Trinajstić information content (AvgIpc) is 2.61. The van der Waals surface area contributed by atoms with E-state index in [0.29, 0.717) is 11.3 Å². The summed E-state index contributed by atoms with van der Waals surface area (Å²) in [5.41, 5.74) is 1.16. The van der Waals surface area contributed by atoms with E-state index in [1.807, 2.05) is 19.0 Å². The van der Waals surface area contributed by atoms with Crippen LogP contribution in [0, 0.1) is 0 Å². The molecule has 1 atom stereocenters. The molecule has 0 bridgehead atoms. The Bertz CT molecular complexity index is 721. The van der Waals surface area contributed by atoms with Crippen LogP contribution in [0.1, 0.15) is 23.2 Å². The summed E-state index contributed by atoms with van der Waals surface area (Å²) >= 11 is 16.4. The molecule has 28 heavy (non-hydrogen) atoms. The molecule has 0 spiro atoms. The third-order valence-corrected chi connectivity index (χ3v) is 3.95. The Kier molecular flexibility index (Phi) is 9.13. The number of ketones is 1. The Hall–Kier alpha value is -1.90. The van der Waals surface area contributed by atoms with Crippen molar-refractivity contribution in [3.8, 4) is 5.75 Å². The number of alkyl halides is 3. The van der Waals surface area contributed by atoms with Gasteiger partial charge < -0.3 is 24.8 Å². The van der Waals surface area contributed by atoms with Gasteiger partial charge in [-0.2, -0.15) is 0 Å². The lowest BCUT2D eigenvalue weighted by atomic mass is 10.0. The molecule has 11 heteroatoms. The number of methoxy groups -OCH3 is 1. The predicted octanol–water partition coefficient (Wildman–Crippen LogP) is 3.27. The topological polar surface area (TPSA) is 105 Å². The number of ether oxygens (including phenoxy) is 2. The third kappa shape index (κ3) is 8.00. The van der Waals surface area contributed by atoms with Gasteiger partial charge in [0.2, 0.25) is 3.79 Å². The van der Waals surface area contributed by atoms with E-state index in [2.05, 4.69) is 10.1 Å². The van der Waals surface area contributed by atoms with E-state index in [9.17, 15) is 19.5 Å². The molecule has 1 rings (SSSR count). The summed E-state index contributed by atoms with van der Waals surface area (Å²) in [4.78, 5) is 37.3. The fourth-order valence-corrected chi connectivity index (χ4v) is 2.35. The van der Waals surface area contributed by atoms with Crippen LogP contribution in [0.4, 0.5) is 10.5 Å². The second-order valence-corrected chi connectivity index (χ2v) is 8.48. The quantitative estimate of drug-likeness (QED) is 0.435. The molecule has 8 nitrogen and oxygen atoms in total. The van der Waals surface area contributed by atoms with Crippen molar-refractivity contribution in [2.75, 3.05) is 32.7 Å². The van der Waals surface area contributed by atoms with Crippen LogP contribution < -0.4 is 15.0 Å². The number of carboxylic acid groups (broad SMARTS) is 1. The Morgan fingerprint density at radius 1 is 1.25 bits per heavy atom. The molecule has 1 amide bonds. The lowest BCUT2D eigenvalue weighted by Gasteiger charge is -2.17. The SMILES string of the molecule is COc1cc(N(C)C)ccc1C(=O)CCC(NC(=O)OCC(Cl)(Cl)Cl)C(=O)O. The van der Waals surface area contributed by atoms with Crippen molar-refractivity contribution in [2.24, 2.45) is 0 Å². The molecule has 1 aromatic carbocycles. The van der Waals surface area contributed by atoms with Crippen LogP contribution in [0.3, 0.4) is 0 Å². The zero-order valence-corrected chi connectivity index (χ0v) is 17.8. The number of amides is 1. The Morgan fingerprint density at radius 3 is 2.39 bits per heavy atom. The van der Waals surface area contributed by atoms with E-state index in [1.165, 1.54) is 7.11 Å². The second kappa shape index (κ2) is 10.6. The highest BCUT2D eigenvalue weighted by atomic mass is 35.6. The molecule has 0 aliphatic carbocycles. The number of benzene rings is 1. The summed E-state index contributed by atoms with van der Waals surface area (Å²) in [6.07, 6.45) is -1.37. The molecule has 0 fully saturated rings. The molecular formula is C17H21Cl3N2O6. The maximum atomic E-state index is 12.5. The number of rotatable bonds is 9. The van der Waals surface area contributed by atoms with Crippen molar-refractivity contribution < 1.29 is 29.0 Å². The number of anilines is 1. The highest BCUT2D eigenvalue weighted by molar-refractivity contribution is 6.67. The van der Waals surface area contributed by atoms with E-state index >= 15 is 0 Å². The van der Waals surface area contributed by atoms with Crippen LogP contribution in [-0.4, -0.2) is 60.6 Å². The molecule has 0 aliphatic rings. The number of nitrogens with zero attached hydrogens (tertiary/aromatic N) is 1. The highest BCUT2D eigenvalue weighted by Crippen LogP contribution is 2.27. The van der Waals surface area contributed by atoms with Crippen molar-refractivity contribution in [2.45, 2.75) is 22.7 Å². The standard InChI is InChI=1S/C17H21Cl3N2O6/c1-22(2)10-4-5-11(14(8-10)27-3)13(23)7-6-12(15(24)25)21-16(26)28-9-17(18,19)20/h4-5,8,12H,6-7,9H2,1-3H3,(H,21,26)(H,24,25). The van der Waals surface area contributed by atoms with Crippen LogP contribution in [-0.2, 0) is 9.53 Å². The zero-order chi connectivity index (χ0) is 21.5. The van der Waals surface area contributed by atoms with Gasteiger partial charge >= 0.3 is 12.1 Å². The normalized spacial score (nSPS) is 12.1. The maximum Gasteiger partial charge on any atom is 0.407 e. The van der Waals surface area contributed by atoms with E-state index in [4.69, 9.17) is 39.5 Å². The Labute approximate surface area is 177 Å². The van der Waals surface area contributed by atoms with Gasteiger partial charge in [-0.1, -0.05) is 34.8 Å². The number of aliphatic carboxylic acids is 1. The van der Waals surface area contributed by atoms with Gasteiger partial charge in [0.05, 0.1) is 12.7 Å². The van der Waals surface area contributed by atoms with Crippen molar-refractivity contribution in [1.29, 1.82) is 0 Å². The summed E-state index contributed by atoms with van der Waals surface area (Å²) in [7, 11) is 5.14. The fourth-order valence-electron chi connectivity index (χ4n) is 2.19. The van der Waals surface area contributed by atoms with E-state index in [1.54, 1.807) is 18.2 Å². The Balaban J connectivity index is 2.74. The fraction of sp³-hybridized carbons (Fsp3) is 0.471. The number of alkyl carbamates (subject to hydrolysis) is 1. The number of halogens is 3. The molecule has 2 N–H and O–H groups in total. The number of nitrogens with one attached hydrogen (secondary N) is 1. The third-order valence-electron chi connectivity index (χ3n) is 3.62. The van der Waals surface area contributed by atoms with Gasteiger partial charge in [-0.25, -0.2) is 9.59 Å². The van der Waals surface area contributed by atoms with Gasteiger partial charge in [-0.3, -0.25) is 4.79 Å². The lowest BCUT2D eigenvalue weighted by Crippen LogP contribution is -2.42. The summed E-state index contributed by atoms with van der Waals surface area (Å²) in [6, 6.07) is 3.71. The molecule has 0 radical (unpaired) electrons. The first-order valence-electron chi connectivity index (χ1n) is 8.06. The monoisotopic (exact) mass is 454 g/mol. The van der Waals surface area contributed by atoms with Crippen LogP contribution in [0.15, 0.2) is 18.2 Å². The van der Waals surface area contributed by atoms with E-state index in [-0.39, 0.29) is 18.6 Å². The number of carboxylic acids is 1. The molecule has 0 heterocycles.